The van der Waals surface area contributed by atoms with E-state index in [1.807, 2.05) is 6.07 Å². The van der Waals surface area contributed by atoms with Gasteiger partial charge in [0.2, 0.25) is 5.78 Å². The van der Waals surface area contributed by atoms with Crippen molar-refractivity contribution in [2.45, 2.75) is 6.92 Å². The molecule has 4 nitrogen and oxygen atoms in total. The number of carbonyl (C=O) groups is 1. The lowest BCUT2D eigenvalue weighted by atomic mass is 10.0. The molecule has 0 saturated carbocycles. The zero-order chi connectivity index (χ0) is 17.3. The molecular formula is C18H11ClFNO3. The molecule has 120 valence electrons. The van der Waals surface area contributed by atoms with Gasteiger partial charge < -0.3 is 9.47 Å². The minimum atomic E-state index is -0.544. The van der Waals surface area contributed by atoms with E-state index in [9.17, 15) is 9.18 Å². The maximum absolute atomic E-state index is 13.9. The van der Waals surface area contributed by atoms with E-state index < -0.39 is 5.82 Å². The Morgan fingerprint density at radius 3 is 2.92 bits per heavy atom. The number of aryl methyl sites for hydroxylation is 1. The Kier molecular flexibility index (Phi) is 4.24. The quantitative estimate of drug-likeness (QED) is 0.779. The molecule has 0 unspecified atom stereocenters. The molecule has 1 heterocycles. The van der Waals surface area contributed by atoms with Crippen LogP contribution in [0.4, 0.5) is 4.39 Å². The van der Waals surface area contributed by atoms with Crippen molar-refractivity contribution in [2.75, 3.05) is 6.61 Å². The highest BCUT2D eigenvalue weighted by molar-refractivity contribution is 6.32. The smallest absolute Gasteiger partial charge is 0.232 e. The molecule has 2 aromatic carbocycles. The number of nitrogens with zero attached hydrogens (tertiary/aromatic N) is 1. The van der Waals surface area contributed by atoms with Gasteiger partial charge in [0.1, 0.15) is 23.4 Å². The molecule has 0 radical (unpaired) electrons. The number of halogens is 2. The Hall–Kier alpha value is -2.84. The maximum atomic E-state index is 13.9. The van der Waals surface area contributed by atoms with Gasteiger partial charge in [-0.25, -0.2) is 4.39 Å². The molecule has 0 N–H and O–H groups in total. The molecule has 0 aromatic heterocycles. The van der Waals surface area contributed by atoms with Crippen LogP contribution in [-0.4, -0.2) is 12.4 Å². The average molecular weight is 344 g/mol. The molecule has 0 fully saturated rings. The summed E-state index contributed by atoms with van der Waals surface area (Å²) in [4.78, 5) is 12.5. The molecule has 24 heavy (non-hydrogen) atoms. The van der Waals surface area contributed by atoms with Crippen molar-refractivity contribution in [3.63, 3.8) is 0 Å². The van der Waals surface area contributed by atoms with E-state index in [1.54, 1.807) is 13.0 Å². The predicted octanol–water partition coefficient (Wildman–Crippen LogP) is 4.31. The van der Waals surface area contributed by atoms with Crippen LogP contribution in [0, 0.1) is 24.1 Å². The fourth-order valence-corrected chi connectivity index (χ4v) is 2.67. The summed E-state index contributed by atoms with van der Waals surface area (Å²) in [5, 5.41) is 8.76. The number of ether oxygens (including phenoxy) is 2. The molecule has 2 aromatic rings. The molecule has 0 spiro atoms. The Bertz CT molecular complexity index is 895. The van der Waals surface area contributed by atoms with Gasteiger partial charge in [-0.3, -0.25) is 4.79 Å². The summed E-state index contributed by atoms with van der Waals surface area (Å²) in [6.07, 6.45) is 1.29. The molecular weight excluding hydrogens is 333 g/mol. The number of Topliss-reactive ketones (excluding diaryl/α,β-unsaturated/α-hetero) is 1. The number of carbonyl (C=O) groups excluding carboxylic acids is 1. The van der Waals surface area contributed by atoms with Crippen LogP contribution in [0.1, 0.15) is 21.5 Å². The monoisotopic (exact) mass is 343 g/mol. The lowest BCUT2D eigenvalue weighted by molar-refractivity contribution is 0.101. The van der Waals surface area contributed by atoms with Crippen molar-refractivity contribution in [1.82, 2.24) is 0 Å². The molecule has 0 atom stereocenters. The molecule has 0 amide bonds. The summed E-state index contributed by atoms with van der Waals surface area (Å²) in [6.45, 7) is 1.62. The normalized spacial score (nSPS) is 14.2. The summed E-state index contributed by atoms with van der Waals surface area (Å²) in [6, 6.07) is 9.31. The third-order valence-electron chi connectivity index (χ3n) is 3.52. The van der Waals surface area contributed by atoms with E-state index >= 15 is 0 Å². The summed E-state index contributed by atoms with van der Waals surface area (Å²) < 4.78 is 24.7. The van der Waals surface area contributed by atoms with Crippen LogP contribution in [0.3, 0.4) is 0 Å². The number of rotatable bonds is 3. The van der Waals surface area contributed by atoms with Crippen LogP contribution < -0.4 is 9.47 Å². The van der Waals surface area contributed by atoms with Crippen molar-refractivity contribution >= 4 is 23.5 Å². The molecule has 3 rings (SSSR count). The van der Waals surface area contributed by atoms with Crippen molar-refractivity contribution < 1.29 is 18.7 Å². The largest absolute Gasteiger partial charge is 0.479 e. The lowest BCUT2D eigenvalue weighted by Gasteiger charge is -2.06. The Morgan fingerprint density at radius 2 is 2.21 bits per heavy atom. The third kappa shape index (κ3) is 2.84. The fraction of sp³-hybridized carbons (Fsp3) is 0.111. The van der Waals surface area contributed by atoms with Crippen LogP contribution in [0.2, 0.25) is 5.02 Å². The first-order chi connectivity index (χ1) is 11.5. The van der Waals surface area contributed by atoms with Crippen LogP contribution >= 0.6 is 11.6 Å². The standard InChI is InChI=1S/C18H11ClFNO3/c1-10-7-11(23-6-5-21)8-15-17(10)18(22)16(24-15)9-12-13(19)3-2-4-14(12)20/h2-4,7-9H,6H2,1H3/b16-9-. The molecule has 1 aliphatic heterocycles. The highest BCUT2D eigenvalue weighted by Crippen LogP contribution is 2.38. The number of allylic oxidation sites excluding steroid dienone is 1. The Morgan fingerprint density at radius 1 is 1.42 bits per heavy atom. The van der Waals surface area contributed by atoms with Gasteiger partial charge in [-0.1, -0.05) is 17.7 Å². The van der Waals surface area contributed by atoms with Gasteiger partial charge in [-0.2, -0.15) is 5.26 Å². The molecule has 0 saturated heterocycles. The molecule has 6 heteroatoms. The van der Waals surface area contributed by atoms with Crippen molar-refractivity contribution in [3.8, 4) is 17.6 Å². The number of hydrogen-bond donors (Lipinski definition) is 0. The number of benzene rings is 2. The minimum absolute atomic E-state index is 0.0162. The first-order valence-electron chi connectivity index (χ1n) is 7.04. The molecule has 0 bridgehead atoms. The second-order valence-electron chi connectivity index (χ2n) is 5.14. The number of ketones is 1. The van der Waals surface area contributed by atoms with Crippen molar-refractivity contribution in [1.29, 1.82) is 5.26 Å². The number of nitriles is 1. The summed E-state index contributed by atoms with van der Waals surface area (Å²) >= 11 is 5.98. The average Bonchev–Trinajstić information content (AvgIpc) is 2.85. The minimum Gasteiger partial charge on any atom is -0.479 e. The van der Waals surface area contributed by atoms with E-state index in [2.05, 4.69) is 0 Å². The maximum Gasteiger partial charge on any atom is 0.232 e. The van der Waals surface area contributed by atoms with Crippen LogP contribution in [0.5, 0.6) is 11.5 Å². The first kappa shape index (κ1) is 16.0. The summed E-state index contributed by atoms with van der Waals surface area (Å²) in [7, 11) is 0. The van der Waals surface area contributed by atoms with Crippen LogP contribution in [-0.2, 0) is 0 Å². The molecule has 1 aliphatic rings. The first-order valence-corrected chi connectivity index (χ1v) is 7.41. The van der Waals surface area contributed by atoms with Gasteiger partial charge in [0, 0.05) is 11.6 Å². The van der Waals surface area contributed by atoms with E-state index in [0.717, 1.165) is 0 Å². The second kappa shape index (κ2) is 6.34. The third-order valence-corrected chi connectivity index (χ3v) is 3.85. The predicted molar refractivity (Wildman–Crippen MR) is 86.6 cm³/mol. The van der Waals surface area contributed by atoms with E-state index in [-0.39, 0.29) is 28.7 Å². The Labute approximate surface area is 142 Å². The van der Waals surface area contributed by atoms with Crippen LogP contribution in [0.25, 0.3) is 6.08 Å². The number of hydrogen-bond acceptors (Lipinski definition) is 4. The van der Waals surface area contributed by atoms with E-state index in [4.69, 9.17) is 26.3 Å². The zero-order valence-corrected chi connectivity index (χ0v) is 13.4. The van der Waals surface area contributed by atoms with Gasteiger partial charge in [0.25, 0.3) is 0 Å². The van der Waals surface area contributed by atoms with Gasteiger partial charge in [-0.05, 0) is 36.8 Å². The Balaban J connectivity index is 2.00. The highest BCUT2D eigenvalue weighted by atomic mass is 35.5. The van der Waals surface area contributed by atoms with Gasteiger partial charge >= 0.3 is 0 Å². The van der Waals surface area contributed by atoms with Crippen molar-refractivity contribution in [3.05, 3.63) is 63.6 Å². The molecule has 0 aliphatic carbocycles. The number of fused-ring (bicyclic) bond motifs is 1. The fourth-order valence-electron chi connectivity index (χ4n) is 2.46. The summed E-state index contributed by atoms with van der Waals surface area (Å²) in [5.41, 5.74) is 1.13. The van der Waals surface area contributed by atoms with Gasteiger partial charge in [0.15, 0.2) is 12.4 Å². The SMILES string of the molecule is Cc1cc(OCC#N)cc2c1C(=O)/C(=C/c1c(F)cccc1Cl)O2. The van der Waals surface area contributed by atoms with Gasteiger partial charge in [0.05, 0.1) is 10.6 Å². The van der Waals surface area contributed by atoms with E-state index in [0.29, 0.717) is 22.6 Å². The van der Waals surface area contributed by atoms with Crippen molar-refractivity contribution in [2.24, 2.45) is 0 Å². The zero-order valence-electron chi connectivity index (χ0n) is 12.6. The van der Waals surface area contributed by atoms with Gasteiger partial charge in [-0.15, -0.1) is 0 Å². The topological polar surface area (TPSA) is 59.3 Å². The lowest BCUT2D eigenvalue weighted by Crippen LogP contribution is -2.00. The summed E-state index contributed by atoms with van der Waals surface area (Å²) in [5.74, 6) is -0.180. The van der Waals surface area contributed by atoms with Crippen LogP contribution in [0.15, 0.2) is 36.1 Å². The van der Waals surface area contributed by atoms with E-state index in [1.165, 1.54) is 30.3 Å². The highest BCUT2D eigenvalue weighted by Gasteiger charge is 2.30. The second-order valence-corrected chi connectivity index (χ2v) is 5.54.